The molecule has 0 heterocycles. The highest BCUT2D eigenvalue weighted by atomic mass is 31.2. The second-order valence-electron chi connectivity index (χ2n) is 14.8. The Morgan fingerprint density at radius 2 is 0.737 bits per heavy atom. The van der Waals surface area contributed by atoms with Gasteiger partial charge in [-0.3, -0.25) is 0 Å². The van der Waals surface area contributed by atoms with Crippen LogP contribution in [0.1, 0.15) is 105 Å². The summed E-state index contributed by atoms with van der Waals surface area (Å²) in [5.41, 5.74) is 6.97. The lowest BCUT2D eigenvalue weighted by molar-refractivity contribution is 0.345. The lowest BCUT2D eigenvalue weighted by Gasteiger charge is -2.33. The number of benzene rings is 3. The van der Waals surface area contributed by atoms with Crippen LogP contribution in [-0.4, -0.2) is 14.7 Å². The molecule has 0 bridgehead atoms. The molecule has 3 aromatic carbocycles. The largest absolute Gasteiger partial charge is 0.441 e. The minimum absolute atomic E-state index is 0.0224. The molecule has 0 amide bonds. The van der Waals surface area contributed by atoms with Gasteiger partial charge in [-0.1, -0.05) is 132 Å². The third-order valence-corrected chi connectivity index (χ3v) is 8.27. The van der Waals surface area contributed by atoms with Crippen molar-refractivity contribution >= 4 is 13.2 Å². The molecule has 3 nitrogen and oxygen atoms in total. The average Bonchev–Trinajstić information content (AvgIpc) is 2.75. The second-order valence-corrected chi connectivity index (χ2v) is 16.4. The van der Waals surface area contributed by atoms with Crippen molar-refractivity contribution in [3.63, 3.8) is 0 Å². The van der Waals surface area contributed by atoms with Crippen molar-refractivity contribution in [2.45, 2.75) is 105 Å². The van der Waals surface area contributed by atoms with Gasteiger partial charge < -0.3 is 0 Å². The van der Waals surface area contributed by atoms with Gasteiger partial charge in [0.15, 0.2) is 5.30 Å². The van der Waals surface area contributed by atoms with E-state index in [4.69, 9.17) is 0 Å². The summed E-state index contributed by atoms with van der Waals surface area (Å²) in [6.07, 6.45) is 0. The highest BCUT2D eigenvalue weighted by molar-refractivity contribution is 7.67. The Bertz CT molecular complexity index is 1190. The summed E-state index contributed by atoms with van der Waals surface area (Å²) in [5, 5.41) is 0.282. The first-order chi connectivity index (χ1) is 17.0. The zero-order valence-electron chi connectivity index (χ0n) is 25.5. The summed E-state index contributed by atoms with van der Waals surface area (Å²) >= 11 is 0. The van der Waals surface area contributed by atoms with Crippen LogP contribution in [-0.2, 0) is 21.7 Å². The third kappa shape index (κ3) is 6.40. The number of hydrogen-bond acceptors (Lipinski definition) is 3. The summed E-state index contributed by atoms with van der Waals surface area (Å²) < 4.78 is 0. The van der Waals surface area contributed by atoms with Crippen LogP contribution >= 0.6 is 7.94 Å². The summed E-state index contributed by atoms with van der Waals surface area (Å²) in [5.74, 6) is 0. The molecule has 206 valence electrons. The molecule has 0 aliphatic carbocycles. The van der Waals surface area contributed by atoms with Crippen molar-refractivity contribution in [2.24, 2.45) is 0 Å². The van der Waals surface area contributed by atoms with Gasteiger partial charge in [0.05, 0.1) is 0 Å². The van der Waals surface area contributed by atoms with E-state index >= 15 is 0 Å². The van der Waals surface area contributed by atoms with E-state index in [0.29, 0.717) is 0 Å². The van der Waals surface area contributed by atoms with Crippen LogP contribution in [0.4, 0.5) is 0 Å². The van der Waals surface area contributed by atoms with E-state index in [1.165, 1.54) is 11.1 Å². The normalized spacial score (nSPS) is 13.7. The Kier molecular flexibility index (Phi) is 7.92. The zero-order chi connectivity index (χ0) is 29.1. The van der Waals surface area contributed by atoms with Gasteiger partial charge in [0.2, 0.25) is 0 Å². The molecule has 0 spiro atoms. The number of rotatable bonds is 3. The molecule has 0 saturated heterocycles. The van der Waals surface area contributed by atoms with Crippen molar-refractivity contribution in [3.05, 3.63) is 76.9 Å². The Morgan fingerprint density at radius 3 is 0.947 bits per heavy atom. The second kappa shape index (κ2) is 9.86. The standard InChI is InChI=1S/C34H48O3P/c1-31(2,3)24-17-13-22(14-18-24)26-21-27(23-15-19-25(20-16-23)32(4,5)6)29(34(10,11)12)30(38(35,36)37)28(26)33(7,8)9/h13-21,35-37H,1-12H3/q+1. The molecule has 0 unspecified atom stereocenters. The summed E-state index contributed by atoms with van der Waals surface area (Å²) in [7, 11) is -4.40. The molecule has 3 rings (SSSR count). The van der Waals surface area contributed by atoms with Crippen molar-refractivity contribution in [1.82, 2.24) is 0 Å². The first-order valence-electron chi connectivity index (χ1n) is 13.5. The minimum Gasteiger partial charge on any atom is -0.189 e. The minimum atomic E-state index is -4.40. The third-order valence-electron chi connectivity index (χ3n) is 7.22. The van der Waals surface area contributed by atoms with Crippen LogP contribution in [0.5, 0.6) is 0 Å². The lowest BCUT2D eigenvalue weighted by Crippen LogP contribution is -2.34. The van der Waals surface area contributed by atoms with Gasteiger partial charge in [-0.25, -0.2) is 0 Å². The zero-order valence-corrected chi connectivity index (χ0v) is 26.4. The maximum atomic E-state index is 11.0. The van der Waals surface area contributed by atoms with Gasteiger partial charge in [-0.2, -0.15) is 14.7 Å². The molecule has 0 atom stereocenters. The highest BCUT2D eigenvalue weighted by Gasteiger charge is 2.47. The Hall–Kier alpha value is -2.03. The van der Waals surface area contributed by atoms with E-state index in [2.05, 4.69) is 138 Å². The van der Waals surface area contributed by atoms with Gasteiger partial charge in [-0.15, -0.1) is 0 Å². The van der Waals surface area contributed by atoms with Crippen LogP contribution < -0.4 is 5.30 Å². The van der Waals surface area contributed by atoms with E-state index in [-0.39, 0.29) is 16.1 Å². The Labute approximate surface area is 231 Å². The molecule has 0 aromatic heterocycles. The van der Waals surface area contributed by atoms with Gasteiger partial charge in [-0.05, 0) is 61.1 Å². The molecule has 3 N–H and O–H groups in total. The van der Waals surface area contributed by atoms with Crippen LogP contribution in [0, 0.1) is 0 Å². The van der Waals surface area contributed by atoms with Crippen molar-refractivity contribution in [3.8, 4) is 22.3 Å². The molecule has 0 radical (unpaired) electrons. The van der Waals surface area contributed by atoms with Gasteiger partial charge in [0.25, 0.3) is 0 Å². The first kappa shape index (κ1) is 30.5. The molecular weight excluding hydrogens is 487 g/mol. The topological polar surface area (TPSA) is 60.7 Å². The highest BCUT2D eigenvalue weighted by Crippen LogP contribution is 2.53. The molecule has 4 heteroatoms. The average molecular weight is 536 g/mol. The maximum Gasteiger partial charge on any atom is 0.441 e. The van der Waals surface area contributed by atoms with E-state index < -0.39 is 18.8 Å². The summed E-state index contributed by atoms with van der Waals surface area (Å²) in [6.45, 7) is 25.6. The fraction of sp³-hybridized carbons (Fsp3) is 0.471. The predicted molar refractivity (Wildman–Crippen MR) is 165 cm³/mol. The molecule has 38 heavy (non-hydrogen) atoms. The number of hydrogen-bond donors (Lipinski definition) is 3. The quantitative estimate of drug-likeness (QED) is 0.294. The molecule has 0 fully saturated rings. The van der Waals surface area contributed by atoms with E-state index in [0.717, 1.165) is 33.4 Å². The monoisotopic (exact) mass is 535 g/mol. The Balaban J connectivity index is 2.52. The lowest BCUT2D eigenvalue weighted by atomic mass is 9.73. The van der Waals surface area contributed by atoms with E-state index in [1.54, 1.807) is 0 Å². The summed E-state index contributed by atoms with van der Waals surface area (Å²) in [6, 6.07) is 19.3. The van der Waals surface area contributed by atoms with Crippen LogP contribution in [0.2, 0.25) is 0 Å². The molecule has 0 aliphatic rings. The van der Waals surface area contributed by atoms with Crippen LogP contribution in [0.25, 0.3) is 22.3 Å². The summed E-state index contributed by atoms with van der Waals surface area (Å²) in [4.78, 5) is 33.1. The van der Waals surface area contributed by atoms with E-state index in [1.807, 2.05) is 0 Å². The van der Waals surface area contributed by atoms with Gasteiger partial charge in [0.1, 0.15) is 0 Å². The maximum absolute atomic E-state index is 11.0. The molecular formula is C34H48O3P+. The first-order valence-corrected chi connectivity index (χ1v) is 15.2. The smallest absolute Gasteiger partial charge is 0.189 e. The fourth-order valence-electron chi connectivity index (χ4n) is 5.24. The van der Waals surface area contributed by atoms with Gasteiger partial charge >= 0.3 is 7.94 Å². The van der Waals surface area contributed by atoms with Crippen molar-refractivity contribution < 1.29 is 14.7 Å². The molecule has 0 aliphatic heterocycles. The fourth-order valence-corrected chi connectivity index (χ4v) is 6.75. The Morgan fingerprint density at radius 1 is 0.447 bits per heavy atom. The molecule has 0 saturated carbocycles. The van der Waals surface area contributed by atoms with Gasteiger partial charge in [0, 0.05) is 11.1 Å². The van der Waals surface area contributed by atoms with E-state index in [9.17, 15) is 14.7 Å². The van der Waals surface area contributed by atoms with Crippen molar-refractivity contribution in [1.29, 1.82) is 0 Å². The molecule has 3 aromatic rings. The predicted octanol–water partition coefficient (Wildman–Crippen LogP) is 8.58. The SMILES string of the molecule is CC(C)(C)c1ccc(-c2cc(-c3ccc(C(C)(C)C)cc3)c(C(C)(C)C)c([P+](O)(O)O)c2C(C)(C)C)cc1. The van der Waals surface area contributed by atoms with Crippen LogP contribution in [0.15, 0.2) is 54.6 Å². The van der Waals surface area contributed by atoms with Crippen LogP contribution in [0.3, 0.4) is 0 Å². The van der Waals surface area contributed by atoms with Crippen molar-refractivity contribution in [2.75, 3.05) is 0 Å².